The number of para-hydroxylation sites is 1. The van der Waals surface area contributed by atoms with E-state index in [1.54, 1.807) is 30.3 Å². The van der Waals surface area contributed by atoms with Gasteiger partial charge in [0.2, 0.25) is 0 Å². The number of aryl methyl sites for hydroxylation is 1. The van der Waals surface area contributed by atoms with Gasteiger partial charge in [0.25, 0.3) is 0 Å². The van der Waals surface area contributed by atoms with Crippen LogP contribution in [0.1, 0.15) is 47.7 Å². The molecule has 0 saturated carbocycles. The minimum Gasteiger partial charge on any atom is -0.422 e. The van der Waals surface area contributed by atoms with Crippen molar-refractivity contribution in [2.24, 2.45) is 0 Å². The predicted octanol–water partition coefficient (Wildman–Crippen LogP) is 4.51. The van der Waals surface area contributed by atoms with E-state index >= 15 is 0 Å². The van der Waals surface area contributed by atoms with Crippen molar-refractivity contribution >= 4 is 5.97 Å². The van der Waals surface area contributed by atoms with Crippen LogP contribution in [0.15, 0.2) is 48.5 Å². The fourth-order valence-corrected chi connectivity index (χ4v) is 2.31. The number of hydrogen-bond donors (Lipinski definition) is 0. The maximum absolute atomic E-state index is 12.4. The molecule has 112 valence electrons. The smallest absolute Gasteiger partial charge is 0.343 e. The van der Waals surface area contributed by atoms with Crippen LogP contribution in [0.5, 0.6) is 5.75 Å². The van der Waals surface area contributed by atoms with Gasteiger partial charge in [-0.05, 0) is 36.6 Å². The summed E-state index contributed by atoms with van der Waals surface area (Å²) in [7, 11) is 0. The van der Waals surface area contributed by atoms with E-state index in [-0.39, 0.29) is 0 Å². The van der Waals surface area contributed by atoms with E-state index in [0.29, 0.717) is 16.9 Å². The molecule has 3 nitrogen and oxygen atoms in total. The highest BCUT2D eigenvalue weighted by atomic mass is 16.5. The molecule has 0 heterocycles. The Morgan fingerprint density at radius 1 is 1.09 bits per heavy atom. The highest BCUT2D eigenvalue weighted by Crippen LogP contribution is 2.20. The summed E-state index contributed by atoms with van der Waals surface area (Å²) in [5.74, 6) is -0.104. The lowest BCUT2D eigenvalue weighted by molar-refractivity contribution is 0.0733. The Balaban J connectivity index is 2.17. The van der Waals surface area contributed by atoms with Gasteiger partial charge in [0.05, 0.1) is 11.1 Å². The van der Waals surface area contributed by atoms with E-state index in [9.17, 15) is 4.79 Å². The molecule has 0 radical (unpaired) electrons. The summed E-state index contributed by atoms with van der Waals surface area (Å²) >= 11 is 0. The highest BCUT2D eigenvalue weighted by molar-refractivity contribution is 5.92. The number of unbranched alkanes of at least 4 members (excludes halogenated alkanes) is 2. The van der Waals surface area contributed by atoms with Crippen molar-refractivity contribution in [3.63, 3.8) is 0 Å². The summed E-state index contributed by atoms with van der Waals surface area (Å²) in [5, 5.41) is 9.06. The molecule has 0 aromatic heterocycles. The van der Waals surface area contributed by atoms with E-state index in [4.69, 9.17) is 10.00 Å². The van der Waals surface area contributed by atoms with E-state index < -0.39 is 5.97 Å². The van der Waals surface area contributed by atoms with Crippen LogP contribution in [0.2, 0.25) is 0 Å². The summed E-state index contributed by atoms with van der Waals surface area (Å²) in [6, 6.07) is 16.3. The van der Waals surface area contributed by atoms with Crippen molar-refractivity contribution in [3.05, 3.63) is 65.2 Å². The van der Waals surface area contributed by atoms with Gasteiger partial charge in [0, 0.05) is 0 Å². The van der Waals surface area contributed by atoms with E-state index in [0.717, 1.165) is 31.2 Å². The molecule has 0 aliphatic carbocycles. The lowest BCUT2D eigenvalue weighted by Crippen LogP contribution is -2.12. The topological polar surface area (TPSA) is 50.1 Å². The lowest BCUT2D eigenvalue weighted by atomic mass is 10.0. The molecule has 0 N–H and O–H groups in total. The van der Waals surface area contributed by atoms with Crippen molar-refractivity contribution < 1.29 is 9.53 Å². The van der Waals surface area contributed by atoms with Gasteiger partial charge in [0.15, 0.2) is 0 Å². The Morgan fingerprint density at radius 2 is 1.82 bits per heavy atom. The van der Waals surface area contributed by atoms with Crippen molar-refractivity contribution in [1.82, 2.24) is 0 Å². The molecule has 0 aliphatic heterocycles. The number of rotatable bonds is 6. The van der Waals surface area contributed by atoms with E-state index in [2.05, 4.69) is 6.92 Å². The molecule has 0 saturated heterocycles. The second kappa shape index (κ2) is 7.99. The normalized spacial score (nSPS) is 10.0. The Labute approximate surface area is 131 Å². The summed E-state index contributed by atoms with van der Waals surface area (Å²) in [6.07, 6.45) is 4.19. The zero-order chi connectivity index (χ0) is 15.8. The average Bonchev–Trinajstić information content (AvgIpc) is 2.56. The van der Waals surface area contributed by atoms with Crippen LogP contribution in [-0.2, 0) is 6.42 Å². The molecule has 0 aliphatic rings. The summed E-state index contributed by atoms with van der Waals surface area (Å²) in [5.41, 5.74) is 1.93. The van der Waals surface area contributed by atoms with Crippen LogP contribution in [-0.4, -0.2) is 5.97 Å². The maximum atomic E-state index is 12.4. The van der Waals surface area contributed by atoms with E-state index in [1.807, 2.05) is 24.3 Å². The third kappa shape index (κ3) is 3.95. The minimum absolute atomic E-state index is 0.304. The third-order valence-electron chi connectivity index (χ3n) is 3.50. The van der Waals surface area contributed by atoms with Crippen molar-refractivity contribution in [2.45, 2.75) is 32.6 Å². The van der Waals surface area contributed by atoms with Crippen molar-refractivity contribution in [2.75, 3.05) is 0 Å². The molecule has 0 fully saturated rings. The van der Waals surface area contributed by atoms with Gasteiger partial charge in [-0.25, -0.2) is 4.79 Å². The van der Waals surface area contributed by atoms with Crippen LogP contribution in [0.4, 0.5) is 0 Å². The summed E-state index contributed by atoms with van der Waals surface area (Å²) < 4.78 is 5.41. The van der Waals surface area contributed by atoms with Crippen LogP contribution < -0.4 is 4.74 Å². The molecule has 0 spiro atoms. The first-order valence-corrected chi connectivity index (χ1v) is 7.55. The minimum atomic E-state index is -0.408. The SMILES string of the molecule is CCCCCc1ccccc1C(=O)Oc1ccccc1C#N. The second-order valence-corrected chi connectivity index (χ2v) is 5.11. The van der Waals surface area contributed by atoms with Crippen LogP contribution in [0, 0.1) is 11.3 Å². The number of carbonyl (C=O) groups is 1. The maximum Gasteiger partial charge on any atom is 0.343 e. The number of ether oxygens (including phenoxy) is 1. The molecular weight excluding hydrogens is 274 g/mol. The number of benzene rings is 2. The summed E-state index contributed by atoms with van der Waals surface area (Å²) in [4.78, 5) is 12.4. The lowest BCUT2D eigenvalue weighted by Gasteiger charge is -2.10. The molecule has 0 atom stereocenters. The molecule has 2 aromatic rings. The quantitative estimate of drug-likeness (QED) is 0.447. The molecule has 2 rings (SSSR count). The molecular formula is C19H19NO2. The average molecular weight is 293 g/mol. The monoisotopic (exact) mass is 293 g/mol. The molecule has 0 unspecified atom stereocenters. The first kappa shape index (κ1) is 15.8. The van der Waals surface area contributed by atoms with Gasteiger partial charge in [-0.15, -0.1) is 0 Å². The van der Waals surface area contributed by atoms with Crippen molar-refractivity contribution in [1.29, 1.82) is 5.26 Å². The highest BCUT2D eigenvalue weighted by Gasteiger charge is 2.14. The number of esters is 1. The first-order valence-electron chi connectivity index (χ1n) is 7.55. The molecule has 0 amide bonds. The van der Waals surface area contributed by atoms with Gasteiger partial charge in [0.1, 0.15) is 11.8 Å². The number of carbonyl (C=O) groups excluding carboxylic acids is 1. The van der Waals surface area contributed by atoms with Crippen LogP contribution in [0.3, 0.4) is 0 Å². The molecule has 22 heavy (non-hydrogen) atoms. The number of hydrogen-bond acceptors (Lipinski definition) is 3. The Kier molecular flexibility index (Phi) is 5.73. The van der Waals surface area contributed by atoms with Gasteiger partial charge >= 0.3 is 5.97 Å². The standard InChI is InChI=1S/C19H19NO2/c1-2-3-4-9-15-10-5-7-12-17(15)19(21)22-18-13-8-6-11-16(18)14-20/h5-8,10-13H,2-4,9H2,1H3. The Hall–Kier alpha value is -2.60. The van der Waals surface area contributed by atoms with Crippen LogP contribution >= 0.6 is 0 Å². The van der Waals surface area contributed by atoms with Gasteiger partial charge in [-0.3, -0.25) is 0 Å². The Morgan fingerprint density at radius 3 is 2.59 bits per heavy atom. The fourth-order valence-electron chi connectivity index (χ4n) is 2.31. The van der Waals surface area contributed by atoms with Crippen molar-refractivity contribution in [3.8, 4) is 11.8 Å². The van der Waals surface area contributed by atoms with E-state index in [1.165, 1.54) is 0 Å². The zero-order valence-corrected chi connectivity index (χ0v) is 12.7. The Bertz CT molecular complexity index is 686. The zero-order valence-electron chi connectivity index (χ0n) is 12.7. The molecule has 2 aromatic carbocycles. The number of nitrogens with zero attached hydrogens (tertiary/aromatic N) is 1. The van der Waals surface area contributed by atoms with Gasteiger partial charge in [-0.1, -0.05) is 50.1 Å². The van der Waals surface area contributed by atoms with Gasteiger partial charge < -0.3 is 4.74 Å². The first-order chi connectivity index (χ1) is 10.8. The largest absolute Gasteiger partial charge is 0.422 e. The number of nitriles is 1. The van der Waals surface area contributed by atoms with Crippen LogP contribution in [0.25, 0.3) is 0 Å². The fraction of sp³-hybridized carbons (Fsp3) is 0.263. The molecule has 3 heteroatoms. The molecule has 0 bridgehead atoms. The third-order valence-corrected chi connectivity index (χ3v) is 3.50. The summed E-state index contributed by atoms with van der Waals surface area (Å²) in [6.45, 7) is 2.15. The second-order valence-electron chi connectivity index (χ2n) is 5.11. The van der Waals surface area contributed by atoms with Gasteiger partial charge in [-0.2, -0.15) is 5.26 Å². The predicted molar refractivity (Wildman–Crippen MR) is 85.8 cm³/mol.